The first-order valence-corrected chi connectivity index (χ1v) is 9.79. The molecule has 0 saturated heterocycles. The topological polar surface area (TPSA) is 26.3 Å². The van der Waals surface area contributed by atoms with Crippen LogP contribution in [0.3, 0.4) is 0 Å². The van der Waals surface area contributed by atoms with Crippen LogP contribution in [-0.4, -0.2) is 13.1 Å². The van der Waals surface area contributed by atoms with Crippen LogP contribution in [0.2, 0.25) is 0 Å². The van der Waals surface area contributed by atoms with E-state index in [0.29, 0.717) is 0 Å². The number of methoxy groups -OCH3 is 1. The highest BCUT2D eigenvalue weighted by Crippen LogP contribution is 2.12. The van der Waals surface area contributed by atoms with E-state index in [2.05, 4.69) is 35.9 Å². The van der Waals surface area contributed by atoms with Crippen molar-refractivity contribution in [3.8, 4) is 0 Å². The Morgan fingerprint density at radius 3 is 1.92 bits per heavy atom. The van der Waals surface area contributed by atoms with E-state index in [0.717, 1.165) is 12.0 Å². The number of carbonyl (C=O) groups is 1. The molecule has 2 nitrogen and oxygen atoms in total. The molecule has 0 unspecified atom stereocenters. The van der Waals surface area contributed by atoms with Gasteiger partial charge >= 0.3 is 5.97 Å². The number of unbranched alkanes of at least 4 members (excludes halogenated alkanes) is 9. The molecule has 0 heterocycles. The molecule has 0 aliphatic carbocycles. The van der Waals surface area contributed by atoms with Crippen molar-refractivity contribution in [3.05, 3.63) is 47.5 Å². The van der Waals surface area contributed by atoms with Gasteiger partial charge < -0.3 is 4.74 Å². The quantitative estimate of drug-likeness (QED) is 0.224. The summed E-state index contributed by atoms with van der Waals surface area (Å²) in [7, 11) is 1.38. The Hall–Kier alpha value is -1.83. The van der Waals surface area contributed by atoms with E-state index in [4.69, 9.17) is 0 Å². The number of benzene rings is 1. The highest BCUT2D eigenvalue weighted by molar-refractivity contribution is 5.86. The monoisotopic (exact) mass is 342 g/mol. The van der Waals surface area contributed by atoms with Crippen molar-refractivity contribution in [2.75, 3.05) is 7.11 Å². The molecule has 25 heavy (non-hydrogen) atoms. The summed E-state index contributed by atoms with van der Waals surface area (Å²) in [6.45, 7) is 2.27. The van der Waals surface area contributed by atoms with Gasteiger partial charge in [0.2, 0.25) is 0 Å². The third-order valence-electron chi connectivity index (χ3n) is 4.33. The zero-order valence-electron chi connectivity index (χ0n) is 16.0. The second kappa shape index (κ2) is 14.5. The Morgan fingerprint density at radius 1 is 0.840 bits per heavy atom. The Kier molecular flexibility index (Phi) is 12.3. The van der Waals surface area contributed by atoms with Gasteiger partial charge in [0, 0.05) is 6.08 Å². The molecule has 138 valence electrons. The van der Waals surface area contributed by atoms with Crippen LogP contribution in [-0.2, 0) is 9.53 Å². The second-order valence-corrected chi connectivity index (χ2v) is 6.54. The molecule has 1 aromatic carbocycles. The van der Waals surface area contributed by atoms with E-state index in [1.165, 1.54) is 76.5 Å². The van der Waals surface area contributed by atoms with Crippen LogP contribution in [0, 0.1) is 0 Å². The fourth-order valence-corrected chi connectivity index (χ4v) is 2.74. The third kappa shape index (κ3) is 11.4. The summed E-state index contributed by atoms with van der Waals surface area (Å²) in [5.74, 6) is -0.329. The minimum atomic E-state index is -0.329. The Bertz CT molecular complexity index is 511. The van der Waals surface area contributed by atoms with Gasteiger partial charge in [-0.15, -0.1) is 0 Å². The second-order valence-electron chi connectivity index (χ2n) is 6.54. The summed E-state index contributed by atoms with van der Waals surface area (Å²) in [5, 5.41) is 0. The van der Waals surface area contributed by atoms with Gasteiger partial charge in [0.1, 0.15) is 0 Å². The normalized spacial score (nSPS) is 11.4. The Labute approximate surface area is 154 Å². The first-order chi connectivity index (χ1) is 12.3. The number of ether oxygens (including phenoxy) is 1. The lowest BCUT2D eigenvalue weighted by Crippen LogP contribution is -1.93. The van der Waals surface area contributed by atoms with Crippen LogP contribution in [0.4, 0.5) is 0 Å². The summed E-state index contributed by atoms with van der Waals surface area (Å²) >= 11 is 0. The lowest BCUT2D eigenvalue weighted by molar-refractivity contribution is -0.134. The van der Waals surface area contributed by atoms with E-state index in [9.17, 15) is 4.79 Å². The first kappa shape index (κ1) is 21.2. The minimum Gasteiger partial charge on any atom is -0.466 e. The summed E-state index contributed by atoms with van der Waals surface area (Å²) in [4.78, 5) is 11.1. The van der Waals surface area contributed by atoms with E-state index < -0.39 is 0 Å². The SMILES string of the molecule is CCCCCCCCCCC/C=C\c1ccc(/C=C/C(=O)OC)cc1. The Morgan fingerprint density at radius 2 is 1.36 bits per heavy atom. The van der Waals surface area contributed by atoms with Crippen molar-refractivity contribution in [3.63, 3.8) is 0 Å². The van der Waals surface area contributed by atoms with Crippen molar-refractivity contribution in [2.24, 2.45) is 0 Å². The van der Waals surface area contributed by atoms with Gasteiger partial charge in [-0.2, -0.15) is 0 Å². The molecule has 0 aromatic heterocycles. The average Bonchev–Trinajstić information content (AvgIpc) is 2.65. The molecular weight excluding hydrogens is 308 g/mol. The standard InChI is InChI=1S/C23H34O2/c1-3-4-5-6-7-8-9-10-11-12-13-14-21-15-17-22(18-16-21)19-20-23(24)25-2/h13-20H,3-12H2,1-2H3/b14-13-,20-19+. The lowest BCUT2D eigenvalue weighted by atomic mass is 10.1. The third-order valence-corrected chi connectivity index (χ3v) is 4.33. The molecule has 0 bridgehead atoms. The van der Waals surface area contributed by atoms with Gasteiger partial charge in [-0.25, -0.2) is 4.79 Å². The molecule has 1 aromatic rings. The first-order valence-electron chi connectivity index (χ1n) is 9.79. The highest BCUT2D eigenvalue weighted by Gasteiger charge is 1.93. The predicted octanol–water partition coefficient (Wildman–Crippen LogP) is 6.81. The molecule has 0 N–H and O–H groups in total. The van der Waals surface area contributed by atoms with Crippen LogP contribution in [0.15, 0.2) is 36.4 Å². The van der Waals surface area contributed by atoms with Crippen LogP contribution < -0.4 is 0 Å². The van der Waals surface area contributed by atoms with Gasteiger partial charge in [-0.05, 0) is 30.0 Å². The van der Waals surface area contributed by atoms with E-state index >= 15 is 0 Å². The Balaban J connectivity index is 2.12. The van der Waals surface area contributed by atoms with Gasteiger partial charge in [-0.1, -0.05) is 94.7 Å². The molecule has 0 aliphatic heterocycles. The molecule has 0 amide bonds. The summed E-state index contributed by atoms with van der Waals surface area (Å²) in [5.41, 5.74) is 2.20. The largest absolute Gasteiger partial charge is 0.466 e. The molecule has 2 heteroatoms. The lowest BCUT2D eigenvalue weighted by Gasteiger charge is -2.00. The molecule has 0 radical (unpaired) electrons. The van der Waals surface area contributed by atoms with E-state index in [-0.39, 0.29) is 5.97 Å². The van der Waals surface area contributed by atoms with Crippen molar-refractivity contribution < 1.29 is 9.53 Å². The fraction of sp³-hybridized carbons (Fsp3) is 0.522. The van der Waals surface area contributed by atoms with E-state index in [1.54, 1.807) is 6.08 Å². The predicted molar refractivity (Wildman–Crippen MR) is 108 cm³/mol. The van der Waals surface area contributed by atoms with Crippen molar-refractivity contribution >= 4 is 18.1 Å². The smallest absolute Gasteiger partial charge is 0.330 e. The van der Waals surface area contributed by atoms with Crippen LogP contribution in [0.25, 0.3) is 12.2 Å². The maximum absolute atomic E-state index is 11.1. The molecule has 0 fully saturated rings. The molecule has 1 rings (SSSR count). The summed E-state index contributed by atoms with van der Waals surface area (Å²) in [6, 6.07) is 8.17. The summed E-state index contributed by atoms with van der Waals surface area (Å²) in [6.07, 6.45) is 21.2. The van der Waals surface area contributed by atoms with Crippen molar-refractivity contribution in [1.29, 1.82) is 0 Å². The van der Waals surface area contributed by atoms with E-state index in [1.807, 2.05) is 12.1 Å². The minimum absolute atomic E-state index is 0.329. The van der Waals surface area contributed by atoms with Crippen molar-refractivity contribution in [1.82, 2.24) is 0 Å². The van der Waals surface area contributed by atoms with Crippen LogP contribution in [0.5, 0.6) is 0 Å². The highest BCUT2D eigenvalue weighted by atomic mass is 16.5. The number of esters is 1. The van der Waals surface area contributed by atoms with Crippen LogP contribution >= 0.6 is 0 Å². The van der Waals surface area contributed by atoms with Gasteiger partial charge in [0.25, 0.3) is 0 Å². The van der Waals surface area contributed by atoms with Gasteiger partial charge in [-0.3, -0.25) is 0 Å². The number of carbonyl (C=O) groups excluding carboxylic acids is 1. The molecular formula is C23H34O2. The number of hydrogen-bond donors (Lipinski definition) is 0. The maximum atomic E-state index is 11.1. The number of allylic oxidation sites excluding steroid dienone is 1. The maximum Gasteiger partial charge on any atom is 0.330 e. The van der Waals surface area contributed by atoms with Crippen LogP contribution in [0.1, 0.15) is 82.3 Å². The van der Waals surface area contributed by atoms with Gasteiger partial charge in [0.05, 0.1) is 7.11 Å². The van der Waals surface area contributed by atoms with Gasteiger partial charge in [0.15, 0.2) is 0 Å². The molecule has 0 atom stereocenters. The zero-order valence-corrected chi connectivity index (χ0v) is 16.0. The average molecular weight is 343 g/mol. The zero-order chi connectivity index (χ0) is 18.2. The molecule has 0 saturated carbocycles. The van der Waals surface area contributed by atoms with Crippen molar-refractivity contribution in [2.45, 2.75) is 71.1 Å². The number of rotatable bonds is 13. The molecule has 0 spiro atoms. The summed E-state index contributed by atoms with van der Waals surface area (Å²) < 4.78 is 4.58. The molecule has 0 aliphatic rings. The fourth-order valence-electron chi connectivity index (χ4n) is 2.74. The number of hydrogen-bond acceptors (Lipinski definition) is 2.